The fourth-order valence-electron chi connectivity index (χ4n) is 2.58. The SMILES string of the molecule is Cc1ccc(Nc2nc3c(-c4ccc(F)cc4)cccn3n2)cc1. The number of nitrogens with zero attached hydrogens (tertiary/aromatic N) is 3. The van der Waals surface area contributed by atoms with Crippen molar-refractivity contribution in [3.8, 4) is 11.1 Å². The summed E-state index contributed by atoms with van der Waals surface area (Å²) in [5, 5.41) is 7.66. The predicted octanol–water partition coefficient (Wildman–Crippen LogP) is 4.59. The summed E-state index contributed by atoms with van der Waals surface area (Å²) in [5.74, 6) is 0.266. The maximum absolute atomic E-state index is 13.1. The Hall–Kier alpha value is -3.21. The summed E-state index contributed by atoms with van der Waals surface area (Å²) < 4.78 is 14.9. The van der Waals surface area contributed by atoms with Gasteiger partial charge in [0, 0.05) is 17.4 Å². The highest BCUT2D eigenvalue weighted by molar-refractivity contribution is 5.78. The molecule has 0 amide bonds. The number of anilines is 2. The van der Waals surface area contributed by atoms with E-state index >= 15 is 0 Å². The summed E-state index contributed by atoms with van der Waals surface area (Å²) in [6.07, 6.45) is 1.84. The molecule has 0 saturated carbocycles. The molecule has 5 heteroatoms. The number of pyridine rings is 1. The molecule has 0 aliphatic heterocycles. The summed E-state index contributed by atoms with van der Waals surface area (Å²) in [7, 11) is 0. The van der Waals surface area contributed by atoms with Crippen LogP contribution < -0.4 is 5.32 Å². The van der Waals surface area contributed by atoms with E-state index in [1.165, 1.54) is 17.7 Å². The zero-order chi connectivity index (χ0) is 16.5. The van der Waals surface area contributed by atoms with Crippen LogP contribution >= 0.6 is 0 Å². The largest absolute Gasteiger partial charge is 0.323 e. The number of hydrogen-bond donors (Lipinski definition) is 1. The average Bonchev–Trinajstić information content (AvgIpc) is 3.00. The molecular formula is C19H15FN4. The van der Waals surface area contributed by atoms with Gasteiger partial charge in [0.25, 0.3) is 0 Å². The van der Waals surface area contributed by atoms with Crippen LogP contribution in [0.5, 0.6) is 0 Å². The first-order valence-electron chi connectivity index (χ1n) is 7.64. The van der Waals surface area contributed by atoms with Gasteiger partial charge in [0.1, 0.15) is 5.82 Å². The Bertz CT molecular complexity index is 988. The van der Waals surface area contributed by atoms with Crippen molar-refractivity contribution in [2.24, 2.45) is 0 Å². The van der Waals surface area contributed by atoms with Crippen LogP contribution in [0.25, 0.3) is 16.8 Å². The molecule has 2 heterocycles. The fourth-order valence-corrected chi connectivity index (χ4v) is 2.58. The number of hydrogen-bond acceptors (Lipinski definition) is 3. The van der Waals surface area contributed by atoms with Gasteiger partial charge in [-0.1, -0.05) is 29.8 Å². The van der Waals surface area contributed by atoms with E-state index in [0.717, 1.165) is 22.5 Å². The summed E-state index contributed by atoms with van der Waals surface area (Å²) in [4.78, 5) is 4.58. The smallest absolute Gasteiger partial charge is 0.247 e. The maximum Gasteiger partial charge on any atom is 0.247 e. The number of nitrogens with one attached hydrogen (secondary N) is 1. The lowest BCUT2D eigenvalue weighted by Gasteiger charge is -2.02. The highest BCUT2D eigenvalue weighted by Crippen LogP contribution is 2.25. The lowest BCUT2D eigenvalue weighted by atomic mass is 10.1. The maximum atomic E-state index is 13.1. The lowest BCUT2D eigenvalue weighted by molar-refractivity contribution is 0.628. The van der Waals surface area contributed by atoms with Gasteiger partial charge in [0.05, 0.1) is 0 Å². The van der Waals surface area contributed by atoms with E-state index in [9.17, 15) is 4.39 Å². The third kappa shape index (κ3) is 2.72. The third-order valence-electron chi connectivity index (χ3n) is 3.83. The Morgan fingerprint density at radius 2 is 1.71 bits per heavy atom. The number of halogens is 1. The van der Waals surface area contributed by atoms with Gasteiger partial charge in [0.2, 0.25) is 5.95 Å². The van der Waals surface area contributed by atoms with Gasteiger partial charge < -0.3 is 5.32 Å². The topological polar surface area (TPSA) is 42.2 Å². The number of rotatable bonds is 3. The van der Waals surface area contributed by atoms with Gasteiger partial charge in [0.15, 0.2) is 5.65 Å². The minimum absolute atomic E-state index is 0.256. The molecule has 0 aliphatic rings. The zero-order valence-corrected chi connectivity index (χ0v) is 13.1. The molecule has 0 bridgehead atoms. The summed E-state index contributed by atoms with van der Waals surface area (Å²) in [5.41, 5.74) is 4.65. The van der Waals surface area contributed by atoms with Gasteiger partial charge in [-0.2, -0.15) is 4.98 Å². The number of benzene rings is 2. The molecule has 4 nitrogen and oxygen atoms in total. The molecular weight excluding hydrogens is 303 g/mol. The summed E-state index contributed by atoms with van der Waals surface area (Å²) >= 11 is 0. The van der Waals surface area contributed by atoms with Gasteiger partial charge >= 0.3 is 0 Å². The minimum Gasteiger partial charge on any atom is -0.323 e. The Labute approximate surface area is 138 Å². The number of aromatic nitrogens is 3. The average molecular weight is 318 g/mol. The molecule has 0 spiro atoms. The van der Waals surface area contributed by atoms with E-state index in [2.05, 4.69) is 15.4 Å². The Morgan fingerprint density at radius 3 is 2.46 bits per heavy atom. The zero-order valence-electron chi connectivity index (χ0n) is 13.1. The molecule has 0 saturated heterocycles. The van der Waals surface area contributed by atoms with Gasteiger partial charge in [-0.05, 0) is 48.9 Å². The molecule has 118 valence electrons. The molecule has 0 aliphatic carbocycles. The Balaban J connectivity index is 1.74. The van der Waals surface area contributed by atoms with Crippen molar-refractivity contribution in [2.75, 3.05) is 5.32 Å². The molecule has 0 radical (unpaired) electrons. The van der Waals surface area contributed by atoms with Crippen LogP contribution in [0.4, 0.5) is 16.0 Å². The van der Waals surface area contributed by atoms with E-state index in [4.69, 9.17) is 0 Å². The first-order chi connectivity index (χ1) is 11.7. The second kappa shape index (κ2) is 5.77. The van der Waals surface area contributed by atoms with Crippen LogP contribution in [0.3, 0.4) is 0 Å². The quantitative estimate of drug-likeness (QED) is 0.601. The first kappa shape index (κ1) is 14.4. The van der Waals surface area contributed by atoms with E-state index in [0.29, 0.717) is 5.95 Å². The van der Waals surface area contributed by atoms with Crippen LogP contribution in [0, 0.1) is 12.7 Å². The number of fused-ring (bicyclic) bond motifs is 1. The van der Waals surface area contributed by atoms with Crippen LogP contribution in [-0.4, -0.2) is 14.6 Å². The standard InChI is InChI=1S/C19H15FN4/c1-13-4-10-16(11-5-13)21-19-22-18-17(3-2-12-24(18)23-19)14-6-8-15(20)9-7-14/h2-12H,1H3,(H,21,23). The van der Waals surface area contributed by atoms with Crippen molar-refractivity contribution in [2.45, 2.75) is 6.92 Å². The van der Waals surface area contributed by atoms with Crippen LogP contribution in [0.2, 0.25) is 0 Å². The van der Waals surface area contributed by atoms with E-state index < -0.39 is 0 Å². The number of aryl methyl sites for hydroxylation is 1. The minimum atomic E-state index is -0.256. The molecule has 4 aromatic rings. The van der Waals surface area contributed by atoms with Gasteiger partial charge in [-0.15, -0.1) is 5.10 Å². The summed E-state index contributed by atoms with van der Waals surface area (Å²) in [6.45, 7) is 2.04. The molecule has 0 atom stereocenters. The Morgan fingerprint density at radius 1 is 0.958 bits per heavy atom. The second-order valence-electron chi connectivity index (χ2n) is 5.62. The van der Waals surface area contributed by atoms with E-state index in [-0.39, 0.29) is 5.82 Å². The third-order valence-corrected chi connectivity index (χ3v) is 3.83. The predicted molar refractivity (Wildman–Crippen MR) is 92.8 cm³/mol. The molecule has 1 N–H and O–H groups in total. The van der Waals surface area contributed by atoms with Crippen molar-refractivity contribution in [1.82, 2.24) is 14.6 Å². The molecule has 0 fully saturated rings. The normalized spacial score (nSPS) is 10.9. The Kier molecular flexibility index (Phi) is 3.46. The van der Waals surface area contributed by atoms with Crippen molar-refractivity contribution >= 4 is 17.3 Å². The van der Waals surface area contributed by atoms with E-state index in [1.54, 1.807) is 16.6 Å². The summed E-state index contributed by atoms with van der Waals surface area (Å²) in [6, 6.07) is 18.3. The molecule has 2 aromatic carbocycles. The van der Waals surface area contributed by atoms with Crippen molar-refractivity contribution in [3.63, 3.8) is 0 Å². The monoisotopic (exact) mass is 318 g/mol. The molecule has 24 heavy (non-hydrogen) atoms. The van der Waals surface area contributed by atoms with Gasteiger partial charge in [-0.3, -0.25) is 0 Å². The van der Waals surface area contributed by atoms with Crippen LogP contribution in [0.1, 0.15) is 5.56 Å². The van der Waals surface area contributed by atoms with Crippen molar-refractivity contribution in [3.05, 3.63) is 78.2 Å². The molecule has 4 rings (SSSR count). The first-order valence-corrected chi connectivity index (χ1v) is 7.64. The van der Waals surface area contributed by atoms with Gasteiger partial charge in [-0.25, -0.2) is 8.91 Å². The highest BCUT2D eigenvalue weighted by Gasteiger charge is 2.10. The van der Waals surface area contributed by atoms with Crippen molar-refractivity contribution < 1.29 is 4.39 Å². The second-order valence-corrected chi connectivity index (χ2v) is 5.62. The highest BCUT2D eigenvalue weighted by atomic mass is 19.1. The van der Waals surface area contributed by atoms with Crippen LogP contribution in [-0.2, 0) is 0 Å². The lowest BCUT2D eigenvalue weighted by Crippen LogP contribution is -1.93. The van der Waals surface area contributed by atoms with E-state index in [1.807, 2.05) is 49.5 Å². The molecule has 0 unspecified atom stereocenters. The molecule has 2 aromatic heterocycles. The fraction of sp³-hybridized carbons (Fsp3) is 0.0526. The van der Waals surface area contributed by atoms with Crippen LogP contribution in [0.15, 0.2) is 66.9 Å². The van der Waals surface area contributed by atoms with Crippen molar-refractivity contribution in [1.29, 1.82) is 0 Å².